The lowest BCUT2D eigenvalue weighted by molar-refractivity contribution is -0.117. The van der Waals surface area contributed by atoms with Crippen LogP contribution in [0.5, 0.6) is 0 Å². The first-order chi connectivity index (χ1) is 8.05. The van der Waals surface area contributed by atoms with Crippen molar-refractivity contribution in [3.8, 4) is 0 Å². The Labute approximate surface area is 115 Å². The summed E-state index contributed by atoms with van der Waals surface area (Å²) in [6, 6.07) is 3.35. The molecule has 0 unspecified atom stereocenters. The van der Waals surface area contributed by atoms with Gasteiger partial charge in [-0.15, -0.1) is 0 Å². The zero-order chi connectivity index (χ0) is 14.1. The average Bonchev–Trinajstić information content (AvgIpc) is 2.21. The molecule has 0 atom stereocenters. The molecule has 0 saturated carbocycles. The van der Waals surface area contributed by atoms with E-state index in [9.17, 15) is 13.2 Å². The minimum atomic E-state index is -3.49. The van der Waals surface area contributed by atoms with Gasteiger partial charge in [-0.3, -0.25) is 4.79 Å². The van der Waals surface area contributed by atoms with E-state index in [2.05, 4.69) is 26.2 Å². The lowest BCUT2D eigenvalue weighted by Gasteiger charge is -2.21. The van der Waals surface area contributed by atoms with Gasteiger partial charge in [0.25, 0.3) is 0 Å². The van der Waals surface area contributed by atoms with Gasteiger partial charge in [0, 0.05) is 10.7 Å². The minimum Gasteiger partial charge on any atom is -0.309 e. The summed E-state index contributed by atoms with van der Waals surface area (Å²) in [5.41, 5.74) is 0.713. The molecule has 5 nitrogen and oxygen atoms in total. The van der Waals surface area contributed by atoms with Gasteiger partial charge >= 0.3 is 0 Å². The van der Waals surface area contributed by atoms with Crippen molar-refractivity contribution in [2.45, 2.75) is 25.5 Å². The molecule has 0 aromatic carbocycles. The van der Waals surface area contributed by atoms with Crippen molar-refractivity contribution in [1.82, 2.24) is 4.98 Å². The van der Waals surface area contributed by atoms with E-state index in [1.165, 1.54) is 13.8 Å². The summed E-state index contributed by atoms with van der Waals surface area (Å²) in [6.45, 7) is 4.51. The van der Waals surface area contributed by atoms with Crippen LogP contribution in [-0.2, 0) is 14.6 Å². The second kappa shape index (κ2) is 4.97. The fourth-order valence-corrected chi connectivity index (χ4v) is 1.66. The number of amides is 1. The fraction of sp³-hybridized carbons (Fsp3) is 0.455. The van der Waals surface area contributed by atoms with Gasteiger partial charge in [0.05, 0.1) is 5.69 Å². The molecule has 18 heavy (non-hydrogen) atoms. The first kappa shape index (κ1) is 15.1. The summed E-state index contributed by atoms with van der Waals surface area (Å²) < 4.78 is 22.4. The number of halogens is 1. The highest BCUT2D eigenvalue weighted by Gasteiger charge is 2.38. The van der Waals surface area contributed by atoms with E-state index < -0.39 is 20.5 Å². The maximum Gasteiger partial charge on any atom is 0.246 e. The van der Waals surface area contributed by atoms with Crippen molar-refractivity contribution >= 4 is 37.5 Å². The van der Waals surface area contributed by atoms with Crippen molar-refractivity contribution in [3.05, 3.63) is 22.3 Å². The Balaban J connectivity index is 2.99. The summed E-state index contributed by atoms with van der Waals surface area (Å²) in [5, 5.41) is 2.51. The molecule has 0 fully saturated rings. The summed E-state index contributed by atoms with van der Waals surface area (Å²) in [5.74, 6) is -0.267. The van der Waals surface area contributed by atoms with Gasteiger partial charge in [-0.1, -0.05) is 0 Å². The molecular weight excluding hydrogens is 320 g/mol. The second-order valence-corrected chi connectivity index (χ2v) is 7.92. The third-order valence-electron chi connectivity index (χ3n) is 2.74. The predicted octanol–water partition coefficient (Wildman–Crippen LogP) is 1.91. The normalized spacial score (nSPS) is 12.3. The number of hydrogen-bond donors (Lipinski definition) is 1. The summed E-state index contributed by atoms with van der Waals surface area (Å²) >= 11 is 3.30. The van der Waals surface area contributed by atoms with Gasteiger partial charge < -0.3 is 5.32 Å². The number of carbonyl (C=O) groups is 1. The molecule has 7 heteroatoms. The Kier molecular flexibility index (Phi) is 4.17. The van der Waals surface area contributed by atoms with Crippen LogP contribution >= 0.6 is 15.9 Å². The number of anilines is 1. The molecule has 0 radical (unpaired) electrons. The molecule has 0 aliphatic carbocycles. The second-order valence-electron chi connectivity index (χ2n) is 4.50. The largest absolute Gasteiger partial charge is 0.309 e. The molecule has 0 spiro atoms. The van der Waals surface area contributed by atoms with Crippen molar-refractivity contribution in [1.29, 1.82) is 0 Å². The van der Waals surface area contributed by atoms with Crippen molar-refractivity contribution < 1.29 is 13.2 Å². The third kappa shape index (κ3) is 3.08. The van der Waals surface area contributed by atoms with Gasteiger partial charge in [0.1, 0.15) is 10.6 Å². The van der Waals surface area contributed by atoms with Crippen LogP contribution in [0.25, 0.3) is 0 Å². The number of nitrogens with one attached hydrogen (secondary N) is 1. The lowest BCUT2D eigenvalue weighted by atomic mass is 10.2. The van der Waals surface area contributed by atoms with Crippen molar-refractivity contribution in [2.75, 3.05) is 11.6 Å². The van der Waals surface area contributed by atoms with E-state index in [-0.39, 0.29) is 0 Å². The Morgan fingerprint density at radius 2 is 1.94 bits per heavy atom. The molecule has 1 rings (SSSR count). The maximum absolute atomic E-state index is 11.9. The summed E-state index contributed by atoms with van der Waals surface area (Å²) in [4.78, 5) is 16.1. The van der Waals surface area contributed by atoms with Crippen molar-refractivity contribution in [2.24, 2.45) is 0 Å². The van der Waals surface area contributed by atoms with Crippen molar-refractivity contribution in [3.63, 3.8) is 0 Å². The minimum absolute atomic E-state index is 0.331. The summed E-state index contributed by atoms with van der Waals surface area (Å²) in [6.07, 6.45) is 1.03. The number of nitrogens with zero attached hydrogens (tertiary/aromatic N) is 1. The van der Waals surface area contributed by atoms with Crippen LogP contribution in [0.1, 0.15) is 19.5 Å². The number of pyridine rings is 1. The van der Waals surface area contributed by atoms with E-state index in [1.807, 2.05) is 0 Å². The highest BCUT2D eigenvalue weighted by atomic mass is 79.9. The molecule has 1 N–H and O–H groups in total. The zero-order valence-corrected chi connectivity index (χ0v) is 13.0. The van der Waals surface area contributed by atoms with Gasteiger partial charge in [-0.2, -0.15) is 0 Å². The highest BCUT2D eigenvalue weighted by molar-refractivity contribution is 9.10. The highest BCUT2D eigenvalue weighted by Crippen LogP contribution is 2.20. The average molecular weight is 335 g/mol. The summed E-state index contributed by atoms with van der Waals surface area (Å²) in [7, 11) is -3.49. The van der Waals surface area contributed by atoms with Crippen LogP contribution in [0.3, 0.4) is 0 Å². The number of carbonyl (C=O) groups excluding carboxylic acids is 1. The number of rotatable bonds is 3. The third-order valence-corrected chi connectivity index (χ3v) is 5.61. The van der Waals surface area contributed by atoms with Gasteiger partial charge in [-0.05, 0) is 48.8 Å². The Bertz CT molecular complexity index is 582. The number of sulfone groups is 1. The standard InChI is InChI=1S/C11H15BrN2O3S/c1-7-8(12)5-6-9(13-7)14-10(15)11(2,3)18(4,16)17/h5-6H,1-4H3,(H,13,14,15). The maximum atomic E-state index is 11.9. The van der Waals surface area contributed by atoms with Crippen LogP contribution in [0.2, 0.25) is 0 Å². The van der Waals surface area contributed by atoms with E-state index in [1.54, 1.807) is 19.1 Å². The monoisotopic (exact) mass is 334 g/mol. The Morgan fingerprint density at radius 3 is 2.39 bits per heavy atom. The first-order valence-corrected chi connectivity index (χ1v) is 7.88. The van der Waals surface area contributed by atoms with Crippen LogP contribution < -0.4 is 5.32 Å². The van der Waals surface area contributed by atoms with E-state index in [0.717, 1.165) is 10.7 Å². The molecule has 0 saturated heterocycles. The van der Waals surface area contributed by atoms with Crippen LogP contribution in [-0.4, -0.2) is 30.3 Å². The molecular formula is C11H15BrN2O3S. The number of aryl methyl sites for hydroxylation is 1. The number of hydrogen-bond acceptors (Lipinski definition) is 4. The van der Waals surface area contributed by atoms with Crippen LogP contribution in [0.15, 0.2) is 16.6 Å². The Hall–Kier alpha value is -0.950. The first-order valence-electron chi connectivity index (χ1n) is 5.20. The topological polar surface area (TPSA) is 76.1 Å². The molecule has 1 aromatic rings. The van der Waals surface area contributed by atoms with Gasteiger partial charge in [-0.25, -0.2) is 13.4 Å². The molecule has 100 valence electrons. The molecule has 1 heterocycles. The predicted molar refractivity (Wildman–Crippen MR) is 74.2 cm³/mol. The molecule has 1 amide bonds. The lowest BCUT2D eigenvalue weighted by Crippen LogP contribution is -2.44. The fourth-order valence-electron chi connectivity index (χ4n) is 1.05. The van der Waals surface area contributed by atoms with E-state index >= 15 is 0 Å². The Morgan fingerprint density at radius 1 is 1.39 bits per heavy atom. The smallest absolute Gasteiger partial charge is 0.246 e. The SMILES string of the molecule is Cc1nc(NC(=O)C(C)(C)S(C)(=O)=O)ccc1Br. The van der Waals surface area contributed by atoms with E-state index in [4.69, 9.17) is 0 Å². The van der Waals surface area contributed by atoms with E-state index in [0.29, 0.717) is 11.5 Å². The van der Waals surface area contributed by atoms with Crippen LogP contribution in [0, 0.1) is 6.92 Å². The molecule has 0 bridgehead atoms. The molecule has 0 aliphatic rings. The molecule has 1 aromatic heterocycles. The zero-order valence-electron chi connectivity index (χ0n) is 10.6. The number of aromatic nitrogens is 1. The quantitative estimate of drug-likeness (QED) is 0.916. The molecule has 0 aliphatic heterocycles. The van der Waals surface area contributed by atoms with Gasteiger partial charge in [0.15, 0.2) is 9.84 Å². The van der Waals surface area contributed by atoms with Gasteiger partial charge in [0.2, 0.25) is 5.91 Å². The van der Waals surface area contributed by atoms with Crippen LogP contribution in [0.4, 0.5) is 5.82 Å².